The zero-order valence-electron chi connectivity index (χ0n) is 10.1. The van der Waals surface area contributed by atoms with Gasteiger partial charge in [0, 0.05) is 0 Å². The molecule has 17 heavy (non-hydrogen) atoms. The predicted molar refractivity (Wildman–Crippen MR) is 68.5 cm³/mol. The van der Waals surface area contributed by atoms with E-state index in [1.54, 1.807) is 7.11 Å². The van der Waals surface area contributed by atoms with Crippen molar-refractivity contribution in [2.45, 2.75) is 13.5 Å². The van der Waals surface area contributed by atoms with Gasteiger partial charge in [-0.15, -0.1) is 0 Å². The summed E-state index contributed by atoms with van der Waals surface area (Å²) in [6, 6.07) is 15.9. The number of methoxy groups -OCH3 is 1. The molecule has 2 aromatic rings. The largest absolute Gasteiger partial charge is 0.497 e. The standard InChI is InChI=1S/C15H16O2/c1-12-6-3-4-9-15(12)17-11-13-7-5-8-14(10-13)16-2/h3-10H,11H2,1-2H3. The van der Waals surface area contributed by atoms with Crippen LogP contribution in [0.15, 0.2) is 48.5 Å². The lowest BCUT2D eigenvalue weighted by molar-refractivity contribution is 0.303. The van der Waals surface area contributed by atoms with E-state index in [2.05, 4.69) is 0 Å². The molecule has 0 unspecified atom stereocenters. The number of aryl methyl sites for hydroxylation is 1. The highest BCUT2D eigenvalue weighted by Gasteiger charge is 2.00. The minimum Gasteiger partial charge on any atom is -0.497 e. The van der Waals surface area contributed by atoms with Crippen molar-refractivity contribution < 1.29 is 9.47 Å². The van der Waals surface area contributed by atoms with Crippen LogP contribution in [0.1, 0.15) is 11.1 Å². The summed E-state index contributed by atoms with van der Waals surface area (Å²) in [5.74, 6) is 1.78. The molecule has 0 atom stereocenters. The van der Waals surface area contributed by atoms with Crippen LogP contribution in [-0.2, 0) is 6.61 Å². The van der Waals surface area contributed by atoms with Crippen LogP contribution in [-0.4, -0.2) is 7.11 Å². The van der Waals surface area contributed by atoms with Crippen molar-refractivity contribution in [2.24, 2.45) is 0 Å². The summed E-state index contributed by atoms with van der Waals surface area (Å²) in [4.78, 5) is 0. The second-order valence-corrected chi connectivity index (χ2v) is 3.91. The van der Waals surface area contributed by atoms with Gasteiger partial charge in [-0.05, 0) is 36.2 Å². The van der Waals surface area contributed by atoms with E-state index in [0.717, 1.165) is 22.6 Å². The molecule has 0 saturated heterocycles. The van der Waals surface area contributed by atoms with Gasteiger partial charge < -0.3 is 9.47 Å². The van der Waals surface area contributed by atoms with Crippen molar-refractivity contribution in [1.82, 2.24) is 0 Å². The van der Waals surface area contributed by atoms with Crippen LogP contribution in [0.4, 0.5) is 0 Å². The first-order valence-electron chi connectivity index (χ1n) is 5.61. The highest BCUT2D eigenvalue weighted by molar-refractivity contribution is 5.33. The zero-order valence-corrected chi connectivity index (χ0v) is 10.1. The van der Waals surface area contributed by atoms with Crippen LogP contribution in [0, 0.1) is 6.92 Å². The molecular weight excluding hydrogens is 212 g/mol. The van der Waals surface area contributed by atoms with E-state index in [0.29, 0.717) is 6.61 Å². The van der Waals surface area contributed by atoms with Gasteiger partial charge in [-0.1, -0.05) is 30.3 Å². The summed E-state index contributed by atoms with van der Waals surface area (Å²) >= 11 is 0. The monoisotopic (exact) mass is 228 g/mol. The number of benzene rings is 2. The first kappa shape index (κ1) is 11.5. The fraction of sp³-hybridized carbons (Fsp3) is 0.200. The van der Waals surface area contributed by atoms with Gasteiger partial charge in [-0.2, -0.15) is 0 Å². The topological polar surface area (TPSA) is 18.5 Å². The Hall–Kier alpha value is -1.96. The maximum absolute atomic E-state index is 5.77. The quantitative estimate of drug-likeness (QED) is 0.796. The molecule has 0 fully saturated rings. The van der Waals surface area contributed by atoms with Gasteiger partial charge in [0.05, 0.1) is 7.11 Å². The van der Waals surface area contributed by atoms with Gasteiger partial charge in [0.2, 0.25) is 0 Å². The van der Waals surface area contributed by atoms with Crippen LogP contribution >= 0.6 is 0 Å². The van der Waals surface area contributed by atoms with Crippen molar-refractivity contribution in [2.75, 3.05) is 7.11 Å². The Bertz CT molecular complexity index is 492. The average molecular weight is 228 g/mol. The molecule has 0 aliphatic heterocycles. The molecule has 0 N–H and O–H groups in total. The van der Waals surface area contributed by atoms with Gasteiger partial charge in [0.25, 0.3) is 0 Å². The minimum atomic E-state index is 0.558. The van der Waals surface area contributed by atoms with E-state index in [4.69, 9.17) is 9.47 Å². The number of hydrogen-bond donors (Lipinski definition) is 0. The highest BCUT2D eigenvalue weighted by Crippen LogP contribution is 2.19. The van der Waals surface area contributed by atoms with Gasteiger partial charge in [-0.3, -0.25) is 0 Å². The van der Waals surface area contributed by atoms with Crippen LogP contribution < -0.4 is 9.47 Å². The number of hydrogen-bond acceptors (Lipinski definition) is 2. The van der Waals surface area contributed by atoms with Gasteiger partial charge >= 0.3 is 0 Å². The summed E-state index contributed by atoms with van der Waals surface area (Å²) in [6.07, 6.45) is 0. The fourth-order valence-electron chi connectivity index (χ4n) is 1.64. The third-order valence-corrected chi connectivity index (χ3v) is 2.62. The molecule has 2 aromatic carbocycles. The average Bonchev–Trinajstić information content (AvgIpc) is 2.38. The van der Waals surface area contributed by atoms with Crippen molar-refractivity contribution in [1.29, 1.82) is 0 Å². The summed E-state index contributed by atoms with van der Waals surface area (Å²) in [5.41, 5.74) is 2.25. The lowest BCUT2D eigenvalue weighted by Gasteiger charge is -2.09. The third-order valence-electron chi connectivity index (χ3n) is 2.62. The normalized spacial score (nSPS) is 10.0. The molecule has 0 bridgehead atoms. The lowest BCUT2D eigenvalue weighted by atomic mass is 10.2. The molecule has 0 aliphatic carbocycles. The SMILES string of the molecule is COc1cccc(COc2ccccc2C)c1. The maximum Gasteiger partial charge on any atom is 0.122 e. The van der Waals surface area contributed by atoms with Gasteiger partial charge in [0.15, 0.2) is 0 Å². The maximum atomic E-state index is 5.77. The van der Waals surface area contributed by atoms with Crippen LogP contribution in [0.2, 0.25) is 0 Å². The Balaban J connectivity index is 2.05. The second-order valence-electron chi connectivity index (χ2n) is 3.91. The van der Waals surface area contributed by atoms with Crippen molar-refractivity contribution in [3.63, 3.8) is 0 Å². The van der Waals surface area contributed by atoms with Gasteiger partial charge in [-0.25, -0.2) is 0 Å². The Morgan fingerprint density at radius 1 is 1.00 bits per heavy atom. The Morgan fingerprint density at radius 2 is 1.82 bits per heavy atom. The first-order valence-corrected chi connectivity index (χ1v) is 5.61. The summed E-state index contributed by atoms with van der Waals surface area (Å²) in [6.45, 7) is 2.60. The fourth-order valence-corrected chi connectivity index (χ4v) is 1.64. The van der Waals surface area contributed by atoms with E-state index >= 15 is 0 Å². The predicted octanol–water partition coefficient (Wildman–Crippen LogP) is 3.58. The summed E-state index contributed by atoms with van der Waals surface area (Å²) < 4.78 is 10.9. The third kappa shape index (κ3) is 3.00. The lowest BCUT2D eigenvalue weighted by Crippen LogP contribution is -1.97. The summed E-state index contributed by atoms with van der Waals surface area (Å²) in [5, 5.41) is 0. The Morgan fingerprint density at radius 3 is 2.59 bits per heavy atom. The van der Waals surface area contributed by atoms with E-state index in [-0.39, 0.29) is 0 Å². The number of para-hydroxylation sites is 1. The zero-order chi connectivity index (χ0) is 12.1. The number of rotatable bonds is 4. The smallest absolute Gasteiger partial charge is 0.122 e. The van der Waals surface area contributed by atoms with Gasteiger partial charge in [0.1, 0.15) is 18.1 Å². The molecule has 0 saturated carbocycles. The molecule has 0 radical (unpaired) electrons. The molecule has 2 rings (SSSR count). The van der Waals surface area contributed by atoms with E-state index in [9.17, 15) is 0 Å². The Kier molecular flexibility index (Phi) is 3.66. The van der Waals surface area contributed by atoms with Crippen LogP contribution in [0.3, 0.4) is 0 Å². The van der Waals surface area contributed by atoms with Crippen LogP contribution in [0.5, 0.6) is 11.5 Å². The molecule has 0 amide bonds. The molecular formula is C15H16O2. The molecule has 0 spiro atoms. The first-order chi connectivity index (χ1) is 8.29. The van der Waals surface area contributed by atoms with Crippen molar-refractivity contribution >= 4 is 0 Å². The molecule has 0 aliphatic rings. The molecule has 2 nitrogen and oxygen atoms in total. The van der Waals surface area contributed by atoms with E-state index in [1.165, 1.54) is 0 Å². The molecule has 2 heteroatoms. The molecule has 88 valence electrons. The van der Waals surface area contributed by atoms with E-state index < -0.39 is 0 Å². The van der Waals surface area contributed by atoms with E-state index in [1.807, 2.05) is 55.5 Å². The van der Waals surface area contributed by atoms with Crippen molar-refractivity contribution in [3.8, 4) is 11.5 Å². The molecule has 0 heterocycles. The summed E-state index contributed by atoms with van der Waals surface area (Å²) in [7, 11) is 1.67. The second kappa shape index (κ2) is 5.39. The molecule has 0 aromatic heterocycles. The highest BCUT2D eigenvalue weighted by atomic mass is 16.5. The number of ether oxygens (including phenoxy) is 2. The Labute approximate surface area is 102 Å². The van der Waals surface area contributed by atoms with Crippen LogP contribution in [0.25, 0.3) is 0 Å². The van der Waals surface area contributed by atoms with Crippen molar-refractivity contribution in [3.05, 3.63) is 59.7 Å². The minimum absolute atomic E-state index is 0.558.